The van der Waals surface area contributed by atoms with Crippen LogP contribution in [0, 0.1) is 15.9 Å². The van der Waals surface area contributed by atoms with Gasteiger partial charge in [0.15, 0.2) is 0 Å². The second-order valence-corrected chi connectivity index (χ2v) is 8.10. The molecule has 0 saturated carbocycles. The molecular weight excluding hydrogens is 451 g/mol. The summed E-state index contributed by atoms with van der Waals surface area (Å²) in [5.74, 6) is -0.164. The van der Waals surface area contributed by atoms with E-state index in [-0.39, 0.29) is 34.7 Å². The summed E-state index contributed by atoms with van der Waals surface area (Å²) in [6.45, 7) is 3.02. The molecule has 3 aromatic rings. The van der Waals surface area contributed by atoms with E-state index >= 15 is 0 Å². The van der Waals surface area contributed by atoms with E-state index in [9.17, 15) is 19.3 Å². The summed E-state index contributed by atoms with van der Waals surface area (Å²) in [7, 11) is 0. The highest BCUT2D eigenvalue weighted by Crippen LogP contribution is 2.26. The fraction of sp³-hybridized carbons (Fsp3) is 0.261. The lowest BCUT2D eigenvalue weighted by Crippen LogP contribution is -2.49. The van der Waals surface area contributed by atoms with Crippen molar-refractivity contribution in [2.75, 3.05) is 37.6 Å². The molecule has 8 nitrogen and oxygen atoms in total. The highest BCUT2D eigenvalue weighted by Gasteiger charge is 2.28. The lowest BCUT2D eigenvalue weighted by molar-refractivity contribution is -0.385. The first-order chi connectivity index (χ1) is 15.9. The van der Waals surface area contributed by atoms with Crippen LogP contribution in [0.5, 0.6) is 0 Å². The van der Waals surface area contributed by atoms with Crippen molar-refractivity contribution in [1.82, 2.24) is 10.2 Å². The van der Waals surface area contributed by atoms with Crippen LogP contribution in [0.15, 0.2) is 65.3 Å². The Kier molecular flexibility index (Phi) is 6.90. The fourth-order valence-electron chi connectivity index (χ4n) is 3.97. The average molecular weight is 473 g/mol. The minimum Gasteiger partial charge on any atom is -0.468 e. The Hall–Kier alpha value is -3.43. The SMILES string of the molecule is O=C(NCC(c1ccco1)N1CCN(c2ccc(F)cc2)CC1)c1cc(Cl)ccc1[N+](=O)[O-]. The van der Waals surface area contributed by atoms with Crippen molar-refractivity contribution in [1.29, 1.82) is 0 Å². The zero-order chi connectivity index (χ0) is 23.4. The van der Waals surface area contributed by atoms with E-state index in [1.165, 1.54) is 30.3 Å². The number of nitrogens with one attached hydrogen (secondary N) is 1. The first kappa shape index (κ1) is 22.8. The van der Waals surface area contributed by atoms with Crippen molar-refractivity contribution >= 4 is 28.9 Å². The zero-order valence-corrected chi connectivity index (χ0v) is 18.4. The number of carbonyl (C=O) groups excluding carboxylic acids is 1. The van der Waals surface area contributed by atoms with Crippen LogP contribution in [0.25, 0.3) is 0 Å². The van der Waals surface area contributed by atoms with Crippen molar-refractivity contribution in [3.8, 4) is 0 Å². The second-order valence-electron chi connectivity index (χ2n) is 7.66. The molecule has 2 aromatic carbocycles. The van der Waals surface area contributed by atoms with E-state index in [4.69, 9.17) is 16.0 Å². The van der Waals surface area contributed by atoms with Crippen LogP contribution in [-0.2, 0) is 0 Å². The highest BCUT2D eigenvalue weighted by molar-refractivity contribution is 6.31. The second kappa shape index (κ2) is 10.0. The van der Waals surface area contributed by atoms with Gasteiger partial charge in [-0.2, -0.15) is 0 Å². The largest absolute Gasteiger partial charge is 0.468 e. The molecule has 33 heavy (non-hydrogen) atoms. The van der Waals surface area contributed by atoms with E-state index in [1.807, 2.05) is 6.07 Å². The van der Waals surface area contributed by atoms with Gasteiger partial charge in [-0.15, -0.1) is 0 Å². The van der Waals surface area contributed by atoms with Crippen LogP contribution in [0.4, 0.5) is 15.8 Å². The molecular formula is C23H22ClFN4O4. The van der Waals surface area contributed by atoms with Gasteiger partial charge in [-0.3, -0.25) is 19.8 Å². The molecule has 0 radical (unpaired) electrons. The van der Waals surface area contributed by atoms with Gasteiger partial charge in [-0.05, 0) is 48.5 Å². The Morgan fingerprint density at radius 3 is 2.52 bits per heavy atom. The summed E-state index contributed by atoms with van der Waals surface area (Å²) in [6, 6.07) is 13.6. The van der Waals surface area contributed by atoms with E-state index in [2.05, 4.69) is 15.1 Å². The monoisotopic (exact) mass is 472 g/mol. The molecule has 0 spiro atoms. The number of hydrogen-bond acceptors (Lipinski definition) is 6. The molecule has 1 unspecified atom stereocenters. The van der Waals surface area contributed by atoms with Crippen molar-refractivity contribution in [3.05, 3.63) is 93.1 Å². The number of amides is 1. The predicted molar refractivity (Wildman–Crippen MR) is 122 cm³/mol. The number of piperazine rings is 1. The first-order valence-electron chi connectivity index (χ1n) is 10.4. The van der Waals surface area contributed by atoms with Gasteiger partial charge in [0.25, 0.3) is 11.6 Å². The van der Waals surface area contributed by atoms with Crippen molar-refractivity contribution in [3.63, 3.8) is 0 Å². The molecule has 1 fully saturated rings. The number of carbonyl (C=O) groups is 1. The Bertz CT molecular complexity index is 1120. The highest BCUT2D eigenvalue weighted by atomic mass is 35.5. The quantitative estimate of drug-likeness (QED) is 0.408. The molecule has 1 saturated heterocycles. The van der Waals surface area contributed by atoms with Crippen LogP contribution in [-0.4, -0.2) is 48.5 Å². The summed E-state index contributed by atoms with van der Waals surface area (Å²) < 4.78 is 18.8. The van der Waals surface area contributed by atoms with Gasteiger partial charge in [-0.25, -0.2) is 4.39 Å². The summed E-state index contributed by atoms with van der Waals surface area (Å²) in [6.07, 6.45) is 1.57. The van der Waals surface area contributed by atoms with Crippen LogP contribution < -0.4 is 10.2 Å². The molecule has 10 heteroatoms. The number of nitro benzene ring substituents is 1. The fourth-order valence-corrected chi connectivity index (χ4v) is 4.14. The van der Waals surface area contributed by atoms with E-state index in [1.54, 1.807) is 24.5 Å². The maximum atomic E-state index is 13.2. The molecule has 1 N–H and O–H groups in total. The Morgan fingerprint density at radius 1 is 1.15 bits per heavy atom. The van der Waals surface area contributed by atoms with Gasteiger partial charge in [0, 0.05) is 49.5 Å². The molecule has 1 amide bonds. The third-order valence-electron chi connectivity index (χ3n) is 5.67. The minimum absolute atomic E-state index is 0.0909. The first-order valence-corrected chi connectivity index (χ1v) is 10.8. The Labute approximate surface area is 194 Å². The van der Waals surface area contributed by atoms with Crippen LogP contribution in [0.3, 0.4) is 0 Å². The minimum atomic E-state index is -0.607. The number of hydrogen-bond donors (Lipinski definition) is 1. The topological polar surface area (TPSA) is 91.9 Å². The third-order valence-corrected chi connectivity index (χ3v) is 5.91. The maximum absolute atomic E-state index is 13.2. The molecule has 1 aliphatic heterocycles. The van der Waals surface area contributed by atoms with E-state index < -0.39 is 10.8 Å². The van der Waals surface area contributed by atoms with Gasteiger partial charge in [0.2, 0.25) is 0 Å². The van der Waals surface area contributed by atoms with Gasteiger partial charge in [0.05, 0.1) is 17.2 Å². The lowest BCUT2D eigenvalue weighted by Gasteiger charge is -2.39. The van der Waals surface area contributed by atoms with E-state index in [0.717, 1.165) is 18.8 Å². The summed E-state index contributed by atoms with van der Waals surface area (Å²) >= 11 is 5.95. The van der Waals surface area contributed by atoms with Crippen LogP contribution >= 0.6 is 11.6 Å². The number of furan rings is 1. The van der Waals surface area contributed by atoms with E-state index in [0.29, 0.717) is 18.8 Å². The molecule has 1 aliphatic rings. The molecule has 1 aromatic heterocycles. The van der Waals surface area contributed by atoms with Crippen LogP contribution in [0.1, 0.15) is 22.2 Å². The molecule has 0 bridgehead atoms. The van der Waals surface area contributed by atoms with Gasteiger partial charge < -0.3 is 14.6 Å². The van der Waals surface area contributed by atoms with Crippen LogP contribution in [0.2, 0.25) is 5.02 Å². The third kappa shape index (κ3) is 5.32. The molecule has 172 valence electrons. The standard InChI is InChI=1S/C23H22ClFN4O4/c24-16-3-8-20(29(31)32)19(14-16)23(30)26-15-21(22-2-1-13-33-22)28-11-9-27(10-12-28)18-6-4-17(25)5-7-18/h1-8,13-14,21H,9-12,15H2,(H,26,30). The number of halogens is 2. The van der Waals surface area contributed by atoms with Gasteiger partial charge in [-0.1, -0.05) is 11.6 Å². The number of anilines is 1. The number of nitrogens with zero attached hydrogens (tertiary/aromatic N) is 3. The van der Waals surface area contributed by atoms with Gasteiger partial charge in [0.1, 0.15) is 17.1 Å². The Balaban J connectivity index is 1.45. The van der Waals surface area contributed by atoms with Crippen molar-refractivity contribution in [2.45, 2.75) is 6.04 Å². The smallest absolute Gasteiger partial charge is 0.282 e. The number of nitro groups is 1. The number of benzene rings is 2. The molecule has 0 aliphatic carbocycles. The van der Waals surface area contributed by atoms with Crippen molar-refractivity contribution < 1.29 is 18.5 Å². The Morgan fingerprint density at radius 2 is 1.88 bits per heavy atom. The molecule has 1 atom stereocenters. The molecule has 2 heterocycles. The van der Waals surface area contributed by atoms with Gasteiger partial charge >= 0.3 is 0 Å². The number of rotatable bonds is 7. The summed E-state index contributed by atoms with van der Waals surface area (Å²) in [5, 5.41) is 14.3. The lowest BCUT2D eigenvalue weighted by atomic mass is 10.1. The average Bonchev–Trinajstić information content (AvgIpc) is 3.34. The summed E-state index contributed by atoms with van der Waals surface area (Å²) in [4.78, 5) is 27.8. The maximum Gasteiger partial charge on any atom is 0.282 e. The van der Waals surface area contributed by atoms with Crippen molar-refractivity contribution in [2.24, 2.45) is 0 Å². The summed E-state index contributed by atoms with van der Waals surface area (Å²) in [5.41, 5.74) is 0.554. The molecule has 4 rings (SSSR count). The zero-order valence-electron chi connectivity index (χ0n) is 17.6. The predicted octanol–water partition coefficient (Wildman–Crippen LogP) is 4.27. The normalized spacial score (nSPS) is 15.3.